The summed E-state index contributed by atoms with van der Waals surface area (Å²) >= 11 is 4.48. The van der Waals surface area contributed by atoms with Gasteiger partial charge >= 0.3 is 12.1 Å². The first-order valence-electron chi connectivity index (χ1n) is 6.80. The Morgan fingerprint density at radius 3 is 2.35 bits per heavy atom. The number of amides is 1. The van der Waals surface area contributed by atoms with E-state index in [2.05, 4.69) is 21.2 Å². The Hall–Kier alpha value is -1.86. The zero-order chi connectivity index (χ0) is 17.2. The molecule has 0 bridgehead atoms. The van der Waals surface area contributed by atoms with Crippen LogP contribution in [0, 0.1) is 0 Å². The van der Waals surface area contributed by atoms with Crippen LogP contribution in [0.2, 0.25) is 0 Å². The number of carboxylic acids is 1. The van der Waals surface area contributed by atoms with Gasteiger partial charge in [-0.3, -0.25) is 5.32 Å². The van der Waals surface area contributed by atoms with Crippen molar-refractivity contribution >= 4 is 45.0 Å². The van der Waals surface area contributed by atoms with Gasteiger partial charge in [-0.15, -0.1) is 11.3 Å². The van der Waals surface area contributed by atoms with Crippen LogP contribution in [0.25, 0.3) is 10.4 Å². The fourth-order valence-electron chi connectivity index (χ4n) is 1.85. The lowest BCUT2D eigenvalue weighted by Gasteiger charge is -2.19. The summed E-state index contributed by atoms with van der Waals surface area (Å²) in [6, 6.07) is 9.35. The van der Waals surface area contributed by atoms with Gasteiger partial charge < -0.3 is 9.84 Å². The fraction of sp³-hybridized carbons (Fsp3) is 0.250. The van der Waals surface area contributed by atoms with Crippen LogP contribution in [0.5, 0.6) is 0 Å². The van der Waals surface area contributed by atoms with Gasteiger partial charge in [0.25, 0.3) is 0 Å². The lowest BCUT2D eigenvalue weighted by molar-refractivity contribution is 0.0636. The number of hydrogen-bond acceptors (Lipinski definition) is 4. The Balaban J connectivity index is 2.41. The third-order valence-corrected chi connectivity index (χ3v) is 4.99. The molecule has 0 unspecified atom stereocenters. The molecule has 5 nitrogen and oxygen atoms in total. The van der Waals surface area contributed by atoms with Crippen LogP contribution >= 0.6 is 27.3 Å². The molecule has 0 aliphatic heterocycles. The molecule has 23 heavy (non-hydrogen) atoms. The molecule has 2 rings (SSSR count). The molecule has 122 valence electrons. The lowest BCUT2D eigenvalue weighted by atomic mass is 10.2. The number of ether oxygens (including phenoxy) is 1. The average Bonchev–Trinajstić information content (AvgIpc) is 2.75. The SMILES string of the molecule is CC(C)(C)OC(=O)Nc1c(C(=O)O)sc(-c2ccccc2)c1Br. The molecule has 0 radical (unpaired) electrons. The number of carbonyl (C=O) groups excluding carboxylic acids is 1. The zero-order valence-corrected chi connectivity index (χ0v) is 15.2. The first-order valence-corrected chi connectivity index (χ1v) is 8.41. The maximum atomic E-state index is 12.0. The fourth-order valence-corrected chi connectivity index (χ4v) is 3.75. The van der Waals surface area contributed by atoms with Crippen molar-refractivity contribution < 1.29 is 19.4 Å². The van der Waals surface area contributed by atoms with E-state index < -0.39 is 17.7 Å². The van der Waals surface area contributed by atoms with Crippen molar-refractivity contribution in [3.05, 3.63) is 39.7 Å². The van der Waals surface area contributed by atoms with Gasteiger partial charge in [-0.05, 0) is 42.3 Å². The van der Waals surface area contributed by atoms with Crippen LogP contribution in [0.1, 0.15) is 30.4 Å². The summed E-state index contributed by atoms with van der Waals surface area (Å²) in [5.41, 5.74) is 0.401. The van der Waals surface area contributed by atoms with E-state index in [0.717, 1.165) is 21.8 Å². The minimum absolute atomic E-state index is 0.0431. The third-order valence-electron chi connectivity index (χ3n) is 2.71. The summed E-state index contributed by atoms with van der Waals surface area (Å²) in [5, 5.41) is 11.9. The zero-order valence-electron chi connectivity index (χ0n) is 12.8. The van der Waals surface area contributed by atoms with Crippen molar-refractivity contribution in [2.75, 3.05) is 5.32 Å². The Kier molecular flexibility index (Phi) is 5.11. The molecule has 1 aromatic carbocycles. The molecule has 7 heteroatoms. The molecule has 0 saturated carbocycles. The topological polar surface area (TPSA) is 75.6 Å². The Morgan fingerprint density at radius 2 is 1.83 bits per heavy atom. The van der Waals surface area contributed by atoms with Crippen LogP contribution in [-0.4, -0.2) is 22.8 Å². The highest BCUT2D eigenvalue weighted by atomic mass is 79.9. The van der Waals surface area contributed by atoms with Gasteiger partial charge in [-0.1, -0.05) is 30.3 Å². The molecule has 2 aromatic rings. The van der Waals surface area contributed by atoms with E-state index in [1.807, 2.05) is 30.3 Å². The van der Waals surface area contributed by atoms with Crippen molar-refractivity contribution in [1.29, 1.82) is 0 Å². The van der Waals surface area contributed by atoms with Gasteiger partial charge in [-0.25, -0.2) is 9.59 Å². The summed E-state index contributed by atoms with van der Waals surface area (Å²) in [6.07, 6.45) is -0.696. The molecule has 0 aliphatic carbocycles. The number of aromatic carboxylic acids is 1. The highest BCUT2D eigenvalue weighted by Gasteiger charge is 2.25. The number of anilines is 1. The molecule has 0 atom stereocenters. The molecule has 0 spiro atoms. The summed E-state index contributed by atoms with van der Waals surface area (Å²) in [4.78, 5) is 24.2. The van der Waals surface area contributed by atoms with Crippen molar-refractivity contribution in [1.82, 2.24) is 0 Å². The molecule has 1 amide bonds. The smallest absolute Gasteiger partial charge is 0.412 e. The molecular weight excluding hydrogens is 382 g/mol. The first-order chi connectivity index (χ1) is 10.7. The van der Waals surface area contributed by atoms with Gasteiger partial charge in [0.05, 0.1) is 15.0 Å². The second-order valence-corrected chi connectivity index (χ2v) is 7.56. The van der Waals surface area contributed by atoms with Gasteiger partial charge in [0.1, 0.15) is 10.5 Å². The molecule has 0 aliphatic rings. The third kappa shape index (κ3) is 4.33. The maximum Gasteiger partial charge on any atom is 0.412 e. The monoisotopic (exact) mass is 397 g/mol. The summed E-state index contributed by atoms with van der Waals surface area (Å²) in [5.74, 6) is -1.11. The summed E-state index contributed by atoms with van der Waals surface area (Å²) in [7, 11) is 0. The highest BCUT2D eigenvalue weighted by molar-refractivity contribution is 9.10. The van der Waals surface area contributed by atoms with Gasteiger partial charge in [0, 0.05) is 0 Å². The molecule has 2 N–H and O–H groups in total. The Labute approximate surface area is 146 Å². The second kappa shape index (κ2) is 6.72. The standard InChI is InChI=1S/C16H16BrNO4S/c1-16(2,3)22-15(21)18-11-10(17)12(23-13(11)14(19)20)9-7-5-4-6-8-9/h4-8H,1-3H3,(H,18,21)(H,19,20). The normalized spacial score (nSPS) is 11.1. The minimum Gasteiger partial charge on any atom is -0.477 e. The predicted octanol–water partition coefficient (Wildman–Crippen LogP) is 5.22. The molecular formula is C16H16BrNO4S. The van der Waals surface area contributed by atoms with E-state index >= 15 is 0 Å². The number of nitrogens with one attached hydrogen (secondary N) is 1. The molecule has 0 saturated heterocycles. The number of carboxylic acid groups (broad SMARTS) is 1. The van der Waals surface area contributed by atoms with Crippen molar-refractivity contribution in [3.8, 4) is 10.4 Å². The lowest BCUT2D eigenvalue weighted by Crippen LogP contribution is -2.27. The number of carbonyl (C=O) groups is 2. The number of halogens is 1. The molecule has 1 heterocycles. The molecule has 1 aromatic heterocycles. The van der Waals surface area contributed by atoms with E-state index in [4.69, 9.17) is 4.74 Å². The average molecular weight is 398 g/mol. The number of thiophene rings is 1. The van der Waals surface area contributed by atoms with E-state index in [9.17, 15) is 14.7 Å². The maximum absolute atomic E-state index is 12.0. The van der Waals surface area contributed by atoms with Gasteiger partial charge in [0.2, 0.25) is 0 Å². The number of benzene rings is 1. The van der Waals surface area contributed by atoms with Crippen LogP contribution in [-0.2, 0) is 4.74 Å². The van der Waals surface area contributed by atoms with E-state index in [-0.39, 0.29) is 10.6 Å². The van der Waals surface area contributed by atoms with Crippen LogP contribution in [0.4, 0.5) is 10.5 Å². The van der Waals surface area contributed by atoms with Crippen molar-refractivity contribution in [2.24, 2.45) is 0 Å². The van der Waals surface area contributed by atoms with Crippen molar-refractivity contribution in [2.45, 2.75) is 26.4 Å². The highest BCUT2D eigenvalue weighted by Crippen LogP contribution is 2.44. The summed E-state index contributed by atoms with van der Waals surface area (Å²) in [6.45, 7) is 5.22. The second-order valence-electron chi connectivity index (χ2n) is 5.75. The number of rotatable bonds is 3. The Morgan fingerprint density at radius 1 is 1.22 bits per heavy atom. The van der Waals surface area contributed by atoms with Crippen LogP contribution < -0.4 is 5.32 Å². The molecule has 0 fully saturated rings. The van der Waals surface area contributed by atoms with Crippen molar-refractivity contribution in [3.63, 3.8) is 0 Å². The quantitative estimate of drug-likeness (QED) is 0.743. The largest absolute Gasteiger partial charge is 0.477 e. The number of hydrogen-bond donors (Lipinski definition) is 2. The van der Waals surface area contributed by atoms with Crippen LogP contribution in [0.15, 0.2) is 34.8 Å². The van der Waals surface area contributed by atoms with E-state index in [1.165, 1.54) is 0 Å². The first kappa shape index (κ1) is 17.5. The van der Waals surface area contributed by atoms with E-state index in [0.29, 0.717) is 4.47 Å². The Bertz CT molecular complexity index is 735. The van der Waals surface area contributed by atoms with Gasteiger partial charge in [-0.2, -0.15) is 0 Å². The van der Waals surface area contributed by atoms with E-state index in [1.54, 1.807) is 20.8 Å². The van der Waals surface area contributed by atoms with Gasteiger partial charge in [0.15, 0.2) is 0 Å². The predicted molar refractivity (Wildman–Crippen MR) is 94.3 cm³/mol. The minimum atomic E-state index is -1.11. The summed E-state index contributed by atoms with van der Waals surface area (Å²) < 4.78 is 5.71. The van der Waals surface area contributed by atoms with Crippen LogP contribution in [0.3, 0.4) is 0 Å².